The number of aromatic nitrogens is 2. The zero-order valence-corrected chi connectivity index (χ0v) is 11.2. The molecular weight excluding hydrogens is 255 g/mol. The van der Waals surface area contributed by atoms with Crippen LogP contribution in [0, 0.1) is 13.8 Å². The molecular formula is C13H12Cl2N2. The van der Waals surface area contributed by atoms with Crippen LogP contribution in [0.3, 0.4) is 0 Å². The minimum Gasteiger partial charge on any atom is -0.220 e. The van der Waals surface area contributed by atoms with Crippen molar-refractivity contribution in [2.45, 2.75) is 20.3 Å². The highest BCUT2D eigenvalue weighted by molar-refractivity contribution is 6.34. The third-order valence-corrected chi connectivity index (χ3v) is 3.29. The van der Waals surface area contributed by atoms with E-state index in [1.165, 1.54) is 5.56 Å². The summed E-state index contributed by atoms with van der Waals surface area (Å²) in [6.45, 7) is 3.86. The first-order chi connectivity index (χ1) is 8.06. The maximum atomic E-state index is 5.98. The normalized spacial score (nSPS) is 10.6. The molecule has 1 heterocycles. The lowest BCUT2D eigenvalue weighted by atomic mass is 10.1. The van der Waals surface area contributed by atoms with Crippen molar-refractivity contribution >= 4 is 23.2 Å². The Labute approximate surface area is 111 Å². The van der Waals surface area contributed by atoms with Crippen LogP contribution in [0.25, 0.3) is 0 Å². The van der Waals surface area contributed by atoms with Crippen molar-refractivity contribution in [1.82, 2.24) is 9.97 Å². The van der Waals surface area contributed by atoms with Crippen molar-refractivity contribution in [3.63, 3.8) is 0 Å². The molecule has 0 aliphatic heterocycles. The maximum Gasteiger partial charge on any atom is 0.137 e. The van der Waals surface area contributed by atoms with Gasteiger partial charge in [-0.3, -0.25) is 0 Å². The van der Waals surface area contributed by atoms with Gasteiger partial charge in [0.25, 0.3) is 0 Å². The molecule has 4 heteroatoms. The number of nitrogens with zero attached hydrogens (tertiary/aromatic N) is 2. The Kier molecular flexibility index (Phi) is 3.65. The Balaban J connectivity index is 2.27. The SMILES string of the molecule is Cc1ccc(Cc2nc(Cl)c(C)c(Cl)n2)cc1. The summed E-state index contributed by atoms with van der Waals surface area (Å²) in [5.41, 5.74) is 3.10. The summed E-state index contributed by atoms with van der Waals surface area (Å²) in [5, 5.41) is 0.847. The number of hydrogen-bond donors (Lipinski definition) is 0. The van der Waals surface area contributed by atoms with Crippen molar-refractivity contribution in [3.8, 4) is 0 Å². The van der Waals surface area contributed by atoms with Crippen LogP contribution in [0.5, 0.6) is 0 Å². The first-order valence-corrected chi connectivity index (χ1v) is 6.06. The van der Waals surface area contributed by atoms with Crippen LogP contribution in [0.2, 0.25) is 10.3 Å². The van der Waals surface area contributed by atoms with Crippen LogP contribution >= 0.6 is 23.2 Å². The molecule has 2 aromatic rings. The number of benzene rings is 1. The molecule has 0 spiro atoms. The van der Waals surface area contributed by atoms with E-state index < -0.39 is 0 Å². The molecule has 0 saturated heterocycles. The van der Waals surface area contributed by atoms with E-state index in [2.05, 4.69) is 41.2 Å². The van der Waals surface area contributed by atoms with Crippen LogP contribution in [0.4, 0.5) is 0 Å². The number of rotatable bonds is 2. The van der Waals surface area contributed by atoms with Crippen LogP contribution in [-0.2, 0) is 6.42 Å². The zero-order chi connectivity index (χ0) is 12.4. The van der Waals surface area contributed by atoms with Gasteiger partial charge in [-0.25, -0.2) is 9.97 Å². The first kappa shape index (κ1) is 12.3. The molecule has 1 aromatic carbocycles. The van der Waals surface area contributed by atoms with Crippen molar-refractivity contribution < 1.29 is 0 Å². The van der Waals surface area contributed by atoms with Gasteiger partial charge in [0.05, 0.1) is 0 Å². The van der Waals surface area contributed by atoms with Crippen molar-refractivity contribution in [2.75, 3.05) is 0 Å². The van der Waals surface area contributed by atoms with Crippen molar-refractivity contribution in [3.05, 3.63) is 57.1 Å². The standard InChI is InChI=1S/C13H12Cl2N2/c1-8-3-5-10(6-4-8)7-11-16-12(14)9(2)13(15)17-11/h3-6H,7H2,1-2H3. The Hall–Kier alpha value is -1.12. The van der Waals surface area contributed by atoms with Gasteiger partial charge in [-0.05, 0) is 19.4 Å². The fraction of sp³-hybridized carbons (Fsp3) is 0.231. The maximum absolute atomic E-state index is 5.98. The van der Waals surface area contributed by atoms with Crippen LogP contribution in [0.15, 0.2) is 24.3 Å². The molecule has 0 amide bonds. The topological polar surface area (TPSA) is 25.8 Å². The number of hydrogen-bond acceptors (Lipinski definition) is 2. The second-order valence-electron chi connectivity index (χ2n) is 4.01. The molecule has 0 saturated carbocycles. The van der Waals surface area contributed by atoms with Gasteiger partial charge in [0.2, 0.25) is 0 Å². The highest BCUT2D eigenvalue weighted by Gasteiger charge is 2.07. The van der Waals surface area contributed by atoms with Gasteiger partial charge in [0.15, 0.2) is 0 Å². The monoisotopic (exact) mass is 266 g/mol. The van der Waals surface area contributed by atoms with E-state index in [4.69, 9.17) is 23.2 Å². The molecule has 0 atom stereocenters. The molecule has 0 N–H and O–H groups in total. The quantitative estimate of drug-likeness (QED) is 0.769. The van der Waals surface area contributed by atoms with Crippen molar-refractivity contribution in [1.29, 1.82) is 0 Å². The van der Waals surface area contributed by atoms with Gasteiger partial charge < -0.3 is 0 Å². The number of aryl methyl sites for hydroxylation is 1. The Bertz CT molecular complexity index is 513. The molecule has 0 aliphatic rings. The van der Waals surface area contributed by atoms with E-state index in [0.717, 1.165) is 11.1 Å². The lowest BCUT2D eigenvalue weighted by Crippen LogP contribution is -1.99. The lowest BCUT2D eigenvalue weighted by molar-refractivity contribution is 0.956. The van der Waals surface area contributed by atoms with Gasteiger partial charge >= 0.3 is 0 Å². The largest absolute Gasteiger partial charge is 0.220 e. The minimum absolute atomic E-state index is 0.423. The first-order valence-electron chi connectivity index (χ1n) is 5.30. The van der Waals surface area contributed by atoms with Gasteiger partial charge in [-0.15, -0.1) is 0 Å². The van der Waals surface area contributed by atoms with E-state index in [0.29, 0.717) is 22.6 Å². The molecule has 0 unspecified atom stereocenters. The lowest BCUT2D eigenvalue weighted by Gasteiger charge is -2.05. The van der Waals surface area contributed by atoms with E-state index in [1.807, 2.05) is 0 Å². The van der Waals surface area contributed by atoms with E-state index in [1.54, 1.807) is 6.92 Å². The molecule has 88 valence electrons. The van der Waals surface area contributed by atoms with Gasteiger partial charge in [0, 0.05) is 12.0 Å². The van der Waals surface area contributed by atoms with E-state index in [-0.39, 0.29) is 0 Å². The Morgan fingerprint density at radius 2 is 1.47 bits per heavy atom. The second kappa shape index (κ2) is 5.03. The Morgan fingerprint density at radius 3 is 2.00 bits per heavy atom. The fourth-order valence-corrected chi connectivity index (χ4v) is 1.89. The van der Waals surface area contributed by atoms with Gasteiger partial charge in [-0.2, -0.15) is 0 Å². The summed E-state index contributed by atoms with van der Waals surface area (Å²) in [6, 6.07) is 8.24. The zero-order valence-electron chi connectivity index (χ0n) is 9.67. The third-order valence-electron chi connectivity index (χ3n) is 2.56. The van der Waals surface area contributed by atoms with Crippen LogP contribution in [0.1, 0.15) is 22.5 Å². The Morgan fingerprint density at radius 1 is 0.941 bits per heavy atom. The molecule has 0 radical (unpaired) electrons. The highest BCUT2D eigenvalue weighted by Crippen LogP contribution is 2.20. The fourth-order valence-electron chi connectivity index (χ4n) is 1.47. The van der Waals surface area contributed by atoms with E-state index >= 15 is 0 Å². The summed E-state index contributed by atoms with van der Waals surface area (Å²) in [7, 11) is 0. The summed E-state index contributed by atoms with van der Waals surface area (Å²) in [6.07, 6.45) is 0.639. The van der Waals surface area contributed by atoms with Gasteiger partial charge in [-0.1, -0.05) is 53.0 Å². The van der Waals surface area contributed by atoms with Crippen LogP contribution < -0.4 is 0 Å². The smallest absolute Gasteiger partial charge is 0.137 e. The van der Waals surface area contributed by atoms with Gasteiger partial charge in [0.1, 0.15) is 16.1 Å². The number of halogens is 2. The predicted molar refractivity (Wildman–Crippen MR) is 70.8 cm³/mol. The summed E-state index contributed by atoms with van der Waals surface area (Å²) < 4.78 is 0. The summed E-state index contributed by atoms with van der Waals surface area (Å²) >= 11 is 12.0. The third kappa shape index (κ3) is 2.96. The molecule has 17 heavy (non-hydrogen) atoms. The van der Waals surface area contributed by atoms with Crippen LogP contribution in [-0.4, -0.2) is 9.97 Å². The summed E-state index contributed by atoms with van der Waals surface area (Å²) in [5.74, 6) is 0.648. The molecule has 2 rings (SSSR count). The average molecular weight is 267 g/mol. The summed E-state index contributed by atoms with van der Waals surface area (Å²) in [4.78, 5) is 8.44. The average Bonchev–Trinajstić information content (AvgIpc) is 2.29. The molecule has 1 aromatic heterocycles. The predicted octanol–water partition coefficient (Wildman–Crippen LogP) is 3.99. The molecule has 2 nitrogen and oxygen atoms in total. The van der Waals surface area contributed by atoms with Crippen molar-refractivity contribution in [2.24, 2.45) is 0 Å². The molecule has 0 bridgehead atoms. The molecule has 0 aliphatic carbocycles. The molecule has 0 fully saturated rings. The minimum atomic E-state index is 0.423. The second-order valence-corrected chi connectivity index (χ2v) is 4.72. The highest BCUT2D eigenvalue weighted by atomic mass is 35.5. The van der Waals surface area contributed by atoms with E-state index in [9.17, 15) is 0 Å².